The topological polar surface area (TPSA) is 64.4 Å². The van der Waals surface area contributed by atoms with Crippen LogP contribution in [0.4, 0.5) is 5.69 Å². The molecule has 1 aromatic carbocycles. The fraction of sp³-hybridized carbons (Fsp3) is 0.304. The van der Waals surface area contributed by atoms with E-state index >= 15 is 0 Å². The van der Waals surface area contributed by atoms with Crippen molar-refractivity contribution in [3.8, 4) is 0 Å². The van der Waals surface area contributed by atoms with Gasteiger partial charge in [0.25, 0.3) is 5.91 Å². The molecule has 3 aliphatic rings. The molecule has 0 bridgehead atoms. The van der Waals surface area contributed by atoms with Crippen LogP contribution in [0, 0.1) is 5.92 Å². The van der Waals surface area contributed by atoms with Gasteiger partial charge in [0.15, 0.2) is 0 Å². The Labute approximate surface area is 176 Å². The van der Waals surface area contributed by atoms with E-state index in [-0.39, 0.29) is 18.0 Å². The summed E-state index contributed by atoms with van der Waals surface area (Å²) in [5.74, 6) is -0.0351. The quantitative estimate of drug-likeness (QED) is 0.792. The minimum Gasteiger partial charge on any atom is -0.368 e. The number of benzene rings is 1. The molecule has 0 aliphatic carbocycles. The second-order valence-electron chi connectivity index (χ2n) is 7.73. The maximum absolute atomic E-state index is 13.7. The number of pyridine rings is 1. The molecule has 4 heterocycles. The first-order valence-electron chi connectivity index (χ1n) is 10.3. The van der Waals surface area contributed by atoms with Crippen molar-refractivity contribution in [3.05, 3.63) is 66.0 Å². The highest BCUT2D eigenvalue weighted by Crippen LogP contribution is 2.40. The average Bonchev–Trinajstić information content (AvgIpc) is 3.12. The number of carbonyl (C=O) groups is 1. The van der Waals surface area contributed by atoms with Gasteiger partial charge in [-0.25, -0.2) is 9.98 Å². The van der Waals surface area contributed by atoms with Gasteiger partial charge in [-0.1, -0.05) is 30.3 Å². The molecule has 1 saturated heterocycles. The molecule has 2 aromatic rings. The van der Waals surface area contributed by atoms with Crippen LogP contribution in [-0.4, -0.2) is 72.6 Å². The highest BCUT2D eigenvalue weighted by molar-refractivity contribution is 6.07. The van der Waals surface area contributed by atoms with E-state index in [1.165, 1.54) is 0 Å². The molecule has 1 amide bonds. The van der Waals surface area contributed by atoms with Gasteiger partial charge in [-0.05, 0) is 17.7 Å². The number of nitrogens with zero attached hydrogens (tertiary/aromatic N) is 6. The Kier molecular flexibility index (Phi) is 4.78. The number of anilines is 1. The van der Waals surface area contributed by atoms with Crippen LogP contribution in [-0.2, 0) is 4.79 Å². The van der Waals surface area contributed by atoms with Crippen molar-refractivity contribution < 1.29 is 4.79 Å². The number of rotatable bonds is 3. The van der Waals surface area contributed by atoms with Crippen LogP contribution in [0.3, 0.4) is 0 Å². The Morgan fingerprint density at radius 2 is 1.73 bits per heavy atom. The molecule has 0 N–H and O–H groups in total. The number of aromatic nitrogens is 1. The smallest absolute Gasteiger partial charge is 0.252 e. The number of piperazine rings is 1. The van der Waals surface area contributed by atoms with E-state index in [1.54, 1.807) is 18.7 Å². The lowest BCUT2D eigenvalue weighted by atomic mass is 9.95. The minimum atomic E-state index is -0.124. The van der Waals surface area contributed by atoms with Gasteiger partial charge in [-0.3, -0.25) is 9.78 Å². The third-order valence-electron chi connectivity index (χ3n) is 6.06. The maximum Gasteiger partial charge on any atom is 0.252 e. The monoisotopic (exact) mass is 400 g/mol. The Hall–Kier alpha value is -3.48. The van der Waals surface area contributed by atoms with Crippen molar-refractivity contribution >= 4 is 29.8 Å². The molecule has 1 aromatic heterocycles. The van der Waals surface area contributed by atoms with Crippen molar-refractivity contribution in [2.45, 2.75) is 6.17 Å². The van der Waals surface area contributed by atoms with Gasteiger partial charge in [0.2, 0.25) is 0 Å². The summed E-state index contributed by atoms with van der Waals surface area (Å²) in [7, 11) is 2.01. The number of carbonyl (C=O) groups excluding carboxylic acids is 1. The summed E-state index contributed by atoms with van der Waals surface area (Å²) < 4.78 is 0. The summed E-state index contributed by atoms with van der Waals surface area (Å²) >= 11 is 0. The first-order chi connectivity index (χ1) is 14.7. The number of fused-ring (bicyclic) bond motifs is 1. The van der Waals surface area contributed by atoms with Gasteiger partial charge >= 0.3 is 0 Å². The van der Waals surface area contributed by atoms with Gasteiger partial charge in [0.05, 0.1) is 17.2 Å². The molecule has 2 atom stereocenters. The summed E-state index contributed by atoms with van der Waals surface area (Å²) in [4.78, 5) is 33.0. The SMILES string of the molecule is CN1C(c2ccccc2)=C(C(=O)N2CCN(c3ccncc3)CC2)C2C=NC=NC21. The van der Waals surface area contributed by atoms with E-state index in [4.69, 9.17) is 0 Å². The highest BCUT2D eigenvalue weighted by Gasteiger charge is 2.43. The van der Waals surface area contributed by atoms with Crippen molar-refractivity contribution in [3.63, 3.8) is 0 Å². The Morgan fingerprint density at radius 3 is 2.47 bits per heavy atom. The largest absolute Gasteiger partial charge is 0.368 e. The van der Waals surface area contributed by atoms with Crippen LogP contribution < -0.4 is 4.90 Å². The standard InChI is InChI=1S/C23H24N6O/c1-27-21(17-5-3-2-4-6-17)20(19-15-25-16-26-22(19)27)23(30)29-13-11-28(12-14-29)18-7-9-24-10-8-18/h2-10,15-16,19,22H,11-14H2,1H3. The van der Waals surface area contributed by atoms with Gasteiger partial charge in [0, 0.05) is 57.5 Å². The fourth-order valence-corrected chi connectivity index (χ4v) is 4.54. The molecular formula is C23H24N6O. The number of aliphatic imine (C=N–C) groups is 2. The van der Waals surface area contributed by atoms with E-state index in [2.05, 4.69) is 36.9 Å². The van der Waals surface area contributed by atoms with Crippen molar-refractivity contribution in [1.29, 1.82) is 0 Å². The summed E-state index contributed by atoms with van der Waals surface area (Å²) in [6.45, 7) is 2.99. The zero-order valence-electron chi connectivity index (χ0n) is 16.9. The summed E-state index contributed by atoms with van der Waals surface area (Å²) in [6, 6.07) is 14.1. The molecule has 152 valence electrons. The molecule has 7 nitrogen and oxygen atoms in total. The summed E-state index contributed by atoms with van der Waals surface area (Å²) in [5, 5.41) is 0. The highest BCUT2D eigenvalue weighted by atomic mass is 16.2. The lowest BCUT2D eigenvalue weighted by Crippen LogP contribution is -2.49. The van der Waals surface area contributed by atoms with Crippen LogP contribution >= 0.6 is 0 Å². The maximum atomic E-state index is 13.7. The van der Waals surface area contributed by atoms with E-state index in [0.717, 1.165) is 35.6 Å². The number of hydrogen-bond acceptors (Lipinski definition) is 6. The van der Waals surface area contributed by atoms with Crippen molar-refractivity contribution in [2.75, 3.05) is 38.1 Å². The van der Waals surface area contributed by atoms with Crippen LogP contribution in [0.1, 0.15) is 5.56 Å². The zero-order chi connectivity index (χ0) is 20.5. The Bertz CT molecular complexity index is 1010. The van der Waals surface area contributed by atoms with Gasteiger partial charge in [0.1, 0.15) is 12.5 Å². The molecular weight excluding hydrogens is 376 g/mol. The van der Waals surface area contributed by atoms with E-state index < -0.39 is 0 Å². The van der Waals surface area contributed by atoms with Gasteiger partial charge in [-0.15, -0.1) is 0 Å². The molecule has 2 unspecified atom stereocenters. The molecule has 5 rings (SSSR count). The molecule has 7 heteroatoms. The third-order valence-corrected chi connectivity index (χ3v) is 6.06. The van der Waals surface area contributed by atoms with Crippen LogP contribution in [0.15, 0.2) is 70.4 Å². The molecule has 3 aliphatic heterocycles. The van der Waals surface area contributed by atoms with E-state index in [0.29, 0.717) is 13.1 Å². The first kappa shape index (κ1) is 18.5. The first-order valence-corrected chi connectivity index (χ1v) is 10.3. The average molecular weight is 400 g/mol. The van der Waals surface area contributed by atoms with Crippen molar-refractivity contribution in [2.24, 2.45) is 15.9 Å². The summed E-state index contributed by atoms with van der Waals surface area (Å²) in [6.07, 6.45) is 6.95. The summed E-state index contributed by atoms with van der Waals surface area (Å²) in [5.41, 5.74) is 3.94. The molecule has 30 heavy (non-hydrogen) atoms. The predicted octanol–water partition coefficient (Wildman–Crippen LogP) is 2.14. The Balaban J connectivity index is 1.43. The van der Waals surface area contributed by atoms with Gasteiger partial charge < -0.3 is 14.7 Å². The van der Waals surface area contributed by atoms with Crippen molar-refractivity contribution in [1.82, 2.24) is 14.8 Å². The zero-order valence-corrected chi connectivity index (χ0v) is 16.9. The third kappa shape index (κ3) is 3.16. The molecule has 0 radical (unpaired) electrons. The molecule has 0 saturated carbocycles. The Morgan fingerprint density at radius 1 is 1.00 bits per heavy atom. The fourth-order valence-electron chi connectivity index (χ4n) is 4.54. The normalized spacial score (nSPS) is 23.2. The minimum absolute atomic E-state index is 0.0890. The predicted molar refractivity (Wildman–Crippen MR) is 118 cm³/mol. The second-order valence-corrected chi connectivity index (χ2v) is 7.73. The number of hydrogen-bond donors (Lipinski definition) is 0. The van der Waals surface area contributed by atoms with E-state index in [1.807, 2.05) is 48.5 Å². The van der Waals surface area contributed by atoms with Crippen LogP contribution in [0.25, 0.3) is 5.70 Å². The van der Waals surface area contributed by atoms with Crippen LogP contribution in [0.5, 0.6) is 0 Å². The van der Waals surface area contributed by atoms with E-state index in [9.17, 15) is 4.79 Å². The molecule has 1 fully saturated rings. The lowest BCUT2D eigenvalue weighted by molar-refractivity contribution is -0.127. The van der Waals surface area contributed by atoms with Gasteiger partial charge in [-0.2, -0.15) is 0 Å². The second kappa shape index (κ2) is 7.74. The van der Waals surface area contributed by atoms with Crippen LogP contribution in [0.2, 0.25) is 0 Å². The molecule has 0 spiro atoms. The number of amides is 1. The lowest BCUT2D eigenvalue weighted by Gasteiger charge is -2.36.